The Morgan fingerprint density at radius 1 is 1.53 bits per heavy atom. The molecule has 1 spiro atoms. The molecule has 6 nitrogen and oxygen atoms in total. The molecule has 2 aliphatic heterocycles. The van der Waals surface area contributed by atoms with Gasteiger partial charge in [0.05, 0.1) is 17.6 Å². The number of carbonyl (C=O) groups is 1. The van der Waals surface area contributed by atoms with Crippen molar-refractivity contribution in [2.45, 2.75) is 30.8 Å². The van der Waals surface area contributed by atoms with Gasteiger partial charge in [-0.05, 0) is 12.8 Å². The number of aliphatic carboxylic acids is 1. The second kappa shape index (κ2) is 3.82. The number of hydrogen-bond donors (Lipinski definition) is 3. The fourth-order valence-electron chi connectivity index (χ4n) is 2.80. The molecule has 1 fully saturated rings. The number of nitrogens with zero attached hydrogens (tertiary/aromatic N) is 1. The molecule has 3 N–H and O–H groups in total. The first-order valence-electron chi connectivity index (χ1n) is 5.82. The molecule has 1 aromatic rings. The number of H-pyrrole nitrogens is 1. The van der Waals surface area contributed by atoms with Crippen LogP contribution in [0.4, 0.5) is 0 Å². The van der Waals surface area contributed by atoms with E-state index in [0.717, 1.165) is 24.2 Å². The number of fused-ring (bicyclic) bond motifs is 2. The van der Waals surface area contributed by atoms with Crippen LogP contribution < -0.4 is 5.32 Å². The van der Waals surface area contributed by atoms with Gasteiger partial charge >= 0.3 is 5.97 Å². The van der Waals surface area contributed by atoms with Crippen molar-refractivity contribution in [3.05, 3.63) is 17.7 Å². The van der Waals surface area contributed by atoms with Crippen LogP contribution in [0, 0.1) is 0 Å². The first-order chi connectivity index (χ1) is 8.21. The number of rotatable bonds is 1. The van der Waals surface area contributed by atoms with E-state index in [1.807, 2.05) is 0 Å². The molecule has 0 saturated carbocycles. The maximum absolute atomic E-state index is 11.2. The molecule has 2 aliphatic rings. The number of hydrogen-bond acceptors (Lipinski definition) is 4. The third-order valence-electron chi connectivity index (χ3n) is 3.67. The molecule has 0 bridgehead atoms. The zero-order chi connectivity index (χ0) is 11.9. The third kappa shape index (κ3) is 1.64. The molecule has 3 rings (SSSR count). The lowest BCUT2D eigenvalue weighted by Crippen LogP contribution is -2.57. The van der Waals surface area contributed by atoms with Gasteiger partial charge in [-0.1, -0.05) is 0 Å². The number of ether oxygens (including phenoxy) is 1. The highest BCUT2D eigenvalue weighted by Gasteiger charge is 2.44. The summed E-state index contributed by atoms with van der Waals surface area (Å²) in [5.74, 6) is -0.809. The molecule has 0 radical (unpaired) electrons. The Morgan fingerprint density at radius 3 is 3.00 bits per heavy atom. The summed E-state index contributed by atoms with van der Waals surface area (Å²) < 4.78 is 5.36. The lowest BCUT2D eigenvalue weighted by Gasteiger charge is -2.42. The van der Waals surface area contributed by atoms with Crippen molar-refractivity contribution >= 4 is 5.97 Å². The van der Waals surface area contributed by atoms with Crippen LogP contribution in [0.25, 0.3) is 0 Å². The summed E-state index contributed by atoms with van der Waals surface area (Å²) in [5.41, 5.74) is 1.59. The molecular formula is C11H15N3O3. The van der Waals surface area contributed by atoms with E-state index in [2.05, 4.69) is 15.3 Å². The summed E-state index contributed by atoms with van der Waals surface area (Å²) in [4.78, 5) is 18.6. The highest BCUT2D eigenvalue weighted by atomic mass is 16.5. The van der Waals surface area contributed by atoms with Crippen LogP contribution in [0.2, 0.25) is 0 Å². The topological polar surface area (TPSA) is 87.2 Å². The molecule has 92 valence electrons. The minimum Gasteiger partial charge on any atom is -0.480 e. The number of carboxylic acids is 1. The number of nitrogens with one attached hydrogen (secondary N) is 2. The van der Waals surface area contributed by atoms with Crippen LogP contribution in [-0.4, -0.2) is 40.3 Å². The fourth-order valence-corrected chi connectivity index (χ4v) is 2.80. The van der Waals surface area contributed by atoms with E-state index in [1.54, 1.807) is 6.33 Å². The first kappa shape index (κ1) is 10.7. The molecule has 1 aromatic heterocycles. The predicted octanol–water partition coefficient (Wildman–Crippen LogP) is 0.0143. The normalized spacial score (nSPS) is 26.7. The molecule has 0 amide bonds. The smallest absolute Gasteiger partial charge is 0.321 e. The van der Waals surface area contributed by atoms with Gasteiger partial charge in [0.25, 0.3) is 0 Å². The van der Waals surface area contributed by atoms with Gasteiger partial charge in [0.15, 0.2) is 0 Å². The Morgan fingerprint density at radius 2 is 2.29 bits per heavy atom. The van der Waals surface area contributed by atoms with E-state index in [-0.39, 0.29) is 5.54 Å². The monoisotopic (exact) mass is 237 g/mol. The quantitative estimate of drug-likeness (QED) is 0.640. The fraction of sp³-hybridized carbons (Fsp3) is 0.636. The summed E-state index contributed by atoms with van der Waals surface area (Å²) in [6, 6.07) is -0.541. The Balaban J connectivity index is 2.00. The van der Waals surface area contributed by atoms with Crippen molar-refractivity contribution in [3.63, 3.8) is 0 Å². The van der Waals surface area contributed by atoms with Crippen molar-refractivity contribution in [2.24, 2.45) is 0 Å². The Labute approximate surface area is 98.4 Å². The second-order valence-electron chi connectivity index (χ2n) is 4.66. The van der Waals surface area contributed by atoms with Gasteiger partial charge in [-0.25, -0.2) is 4.98 Å². The van der Waals surface area contributed by atoms with Crippen molar-refractivity contribution in [2.75, 3.05) is 13.2 Å². The Bertz CT molecular complexity index is 437. The van der Waals surface area contributed by atoms with Crippen molar-refractivity contribution in [1.82, 2.24) is 15.3 Å². The molecular weight excluding hydrogens is 222 g/mol. The lowest BCUT2D eigenvalue weighted by atomic mass is 9.80. The molecule has 1 saturated heterocycles. The average molecular weight is 237 g/mol. The molecule has 1 atom stereocenters. The van der Waals surface area contributed by atoms with Gasteiger partial charge in [0.2, 0.25) is 0 Å². The van der Waals surface area contributed by atoms with Crippen LogP contribution >= 0.6 is 0 Å². The Hall–Kier alpha value is -1.40. The SMILES string of the molecule is O=C(O)[C@H]1Cc2[nH]cnc2C2(CCOCC2)N1. The predicted molar refractivity (Wildman–Crippen MR) is 58.6 cm³/mol. The van der Waals surface area contributed by atoms with E-state index in [0.29, 0.717) is 19.6 Å². The minimum atomic E-state index is -0.809. The van der Waals surface area contributed by atoms with Gasteiger partial charge in [0, 0.05) is 25.3 Å². The average Bonchev–Trinajstić information content (AvgIpc) is 2.79. The van der Waals surface area contributed by atoms with Crippen LogP contribution in [0.15, 0.2) is 6.33 Å². The maximum atomic E-state index is 11.2. The minimum absolute atomic E-state index is 0.325. The van der Waals surface area contributed by atoms with E-state index < -0.39 is 12.0 Å². The number of imidazole rings is 1. The standard InChI is InChI=1S/C11H15N3O3/c15-10(16)8-5-7-9(13-6-12-7)11(14-8)1-3-17-4-2-11/h6,8,14H,1-5H2,(H,12,13)(H,15,16)/t8-/m1/s1. The van der Waals surface area contributed by atoms with Gasteiger partial charge in [-0.3, -0.25) is 10.1 Å². The number of aromatic nitrogens is 2. The van der Waals surface area contributed by atoms with E-state index >= 15 is 0 Å². The summed E-state index contributed by atoms with van der Waals surface area (Å²) >= 11 is 0. The van der Waals surface area contributed by atoms with E-state index in [1.165, 1.54) is 0 Å². The van der Waals surface area contributed by atoms with Crippen molar-refractivity contribution in [1.29, 1.82) is 0 Å². The molecule has 17 heavy (non-hydrogen) atoms. The second-order valence-corrected chi connectivity index (χ2v) is 4.66. The van der Waals surface area contributed by atoms with Crippen LogP contribution in [0.1, 0.15) is 24.2 Å². The van der Waals surface area contributed by atoms with E-state index in [4.69, 9.17) is 4.74 Å². The van der Waals surface area contributed by atoms with Crippen molar-refractivity contribution in [3.8, 4) is 0 Å². The molecule has 0 unspecified atom stereocenters. The Kier molecular flexibility index (Phi) is 2.41. The van der Waals surface area contributed by atoms with Crippen LogP contribution in [0.5, 0.6) is 0 Å². The summed E-state index contributed by atoms with van der Waals surface area (Å²) in [6.07, 6.45) is 3.66. The highest BCUT2D eigenvalue weighted by molar-refractivity contribution is 5.74. The lowest BCUT2D eigenvalue weighted by molar-refractivity contribution is -0.141. The maximum Gasteiger partial charge on any atom is 0.321 e. The van der Waals surface area contributed by atoms with Crippen molar-refractivity contribution < 1.29 is 14.6 Å². The van der Waals surface area contributed by atoms with Gasteiger partial charge < -0.3 is 14.8 Å². The zero-order valence-electron chi connectivity index (χ0n) is 9.40. The molecule has 0 aromatic carbocycles. The summed E-state index contributed by atoms with van der Waals surface area (Å²) in [5, 5.41) is 12.4. The third-order valence-corrected chi connectivity index (χ3v) is 3.67. The summed E-state index contributed by atoms with van der Waals surface area (Å²) in [7, 11) is 0. The van der Waals surface area contributed by atoms with Crippen LogP contribution in [0.3, 0.4) is 0 Å². The van der Waals surface area contributed by atoms with Gasteiger partial charge in [-0.2, -0.15) is 0 Å². The highest BCUT2D eigenvalue weighted by Crippen LogP contribution is 2.36. The largest absolute Gasteiger partial charge is 0.480 e. The van der Waals surface area contributed by atoms with Crippen LogP contribution in [-0.2, 0) is 21.5 Å². The van der Waals surface area contributed by atoms with E-state index in [9.17, 15) is 9.90 Å². The molecule has 6 heteroatoms. The first-order valence-corrected chi connectivity index (χ1v) is 5.82. The zero-order valence-corrected chi connectivity index (χ0v) is 9.40. The number of carboxylic acid groups (broad SMARTS) is 1. The summed E-state index contributed by atoms with van der Waals surface area (Å²) in [6.45, 7) is 1.29. The molecule has 3 heterocycles. The van der Waals surface area contributed by atoms with Gasteiger partial charge in [-0.15, -0.1) is 0 Å². The van der Waals surface area contributed by atoms with Gasteiger partial charge in [0.1, 0.15) is 6.04 Å². The number of aromatic amines is 1. The molecule has 0 aliphatic carbocycles.